The second kappa shape index (κ2) is 7.24. The van der Waals surface area contributed by atoms with E-state index in [-0.39, 0.29) is 12.3 Å². The number of hydrazone groups is 1. The van der Waals surface area contributed by atoms with Crippen LogP contribution >= 0.6 is 31.9 Å². The van der Waals surface area contributed by atoms with Crippen molar-refractivity contribution in [1.82, 2.24) is 5.01 Å². The molecule has 0 saturated heterocycles. The highest BCUT2D eigenvalue weighted by molar-refractivity contribution is 9.11. The monoisotopic (exact) mass is 478 g/mol. The van der Waals surface area contributed by atoms with Gasteiger partial charge in [-0.3, -0.25) is 5.01 Å². The molecule has 2 heterocycles. The van der Waals surface area contributed by atoms with Gasteiger partial charge in [-0.2, -0.15) is 5.10 Å². The second-order valence-electron chi connectivity index (χ2n) is 6.54. The van der Waals surface area contributed by atoms with Crippen molar-refractivity contribution in [3.63, 3.8) is 0 Å². The van der Waals surface area contributed by atoms with Crippen LogP contribution < -0.4 is 9.47 Å². The largest absolute Gasteiger partial charge is 0.497 e. The summed E-state index contributed by atoms with van der Waals surface area (Å²) in [5, 5.41) is 7.09. The molecule has 2 aliphatic heterocycles. The van der Waals surface area contributed by atoms with E-state index >= 15 is 0 Å². The number of fused-ring (bicyclic) bond motifs is 3. The van der Waals surface area contributed by atoms with Crippen molar-refractivity contribution in [1.29, 1.82) is 0 Å². The molecule has 136 valence electrons. The van der Waals surface area contributed by atoms with Gasteiger partial charge in [-0.25, -0.2) is 0 Å². The Hall–Kier alpha value is -1.53. The molecule has 0 bridgehead atoms. The molecule has 0 aliphatic carbocycles. The van der Waals surface area contributed by atoms with Crippen LogP contribution in [-0.4, -0.2) is 24.1 Å². The highest BCUT2D eigenvalue weighted by Crippen LogP contribution is 2.47. The Balaban J connectivity index is 1.72. The molecule has 0 amide bonds. The van der Waals surface area contributed by atoms with E-state index in [0.29, 0.717) is 0 Å². The third-order valence-electron chi connectivity index (χ3n) is 4.85. The molecule has 0 aromatic heterocycles. The summed E-state index contributed by atoms with van der Waals surface area (Å²) in [5.41, 5.74) is 3.39. The molecule has 4 nitrogen and oxygen atoms in total. The number of methoxy groups -OCH3 is 1. The number of halogens is 2. The lowest BCUT2D eigenvalue weighted by atomic mass is 9.96. The van der Waals surface area contributed by atoms with Gasteiger partial charge in [-0.15, -0.1) is 0 Å². The summed E-state index contributed by atoms with van der Waals surface area (Å²) in [4.78, 5) is 0. The first-order chi connectivity index (χ1) is 12.6. The number of rotatable bonds is 4. The minimum absolute atomic E-state index is 0.0364. The van der Waals surface area contributed by atoms with Crippen LogP contribution in [0, 0.1) is 0 Å². The standard InChI is InChI=1S/C20H20Br2N2O2/c1-3-4-19-24-18(15-9-13(21)10-16(22)20(15)26-19)11-17(23-24)12-5-7-14(25-2)8-6-12/h5-10,18-19H,3-4,11H2,1-2H3/t18-,19+/m0/s1. The third-order valence-corrected chi connectivity index (χ3v) is 5.89. The van der Waals surface area contributed by atoms with Crippen LogP contribution in [0.25, 0.3) is 0 Å². The summed E-state index contributed by atoms with van der Waals surface area (Å²) in [6.45, 7) is 2.18. The Bertz CT molecular complexity index is 852. The van der Waals surface area contributed by atoms with Crippen LogP contribution in [0.4, 0.5) is 0 Å². The molecule has 6 heteroatoms. The van der Waals surface area contributed by atoms with E-state index in [0.717, 1.165) is 51.0 Å². The van der Waals surface area contributed by atoms with Crippen molar-refractivity contribution < 1.29 is 9.47 Å². The van der Waals surface area contributed by atoms with E-state index in [1.54, 1.807) is 7.11 Å². The Kier molecular flexibility index (Phi) is 4.97. The van der Waals surface area contributed by atoms with Crippen LogP contribution in [0.5, 0.6) is 11.5 Å². The number of hydrogen-bond donors (Lipinski definition) is 0. The summed E-state index contributed by atoms with van der Waals surface area (Å²) in [6.07, 6.45) is 2.82. The number of nitrogens with zero attached hydrogens (tertiary/aromatic N) is 2. The van der Waals surface area contributed by atoms with Crippen LogP contribution in [0.1, 0.15) is 43.4 Å². The zero-order valence-electron chi connectivity index (χ0n) is 14.7. The van der Waals surface area contributed by atoms with Crippen LogP contribution in [0.3, 0.4) is 0 Å². The molecular weight excluding hydrogens is 460 g/mol. The molecule has 0 spiro atoms. The number of benzene rings is 2. The van der Waals surface area contributed by atoms with Crippen molar-refractivity contribution >= 4 is 37.6 Å². The molecule has 2 aromatic carbocycles. The minimum atomic E-state index is -0.0364. The molecular formula is C20H20Br2N2O2. The lowest BCUT2D eigenvalue weighted by molar-refractivity contribution is -0.0229. The highest BCUT2D eigenvalue weighted by atomic mass is 79.9. The number of ether oxygens (including phenoxy) is 2. The minimum Gasteiger partial charge on any atom is -0.497 e. The molecule has 0 unspecified atom stereocenters. The van der Waals surface area contributed by atoms with Crippen molar-refractivity contribution in [2.75, 3.05) is 7.11 Å². The summed E-state index contributed by atoms with van der Waals surface area (Å²) in [7, 11) is 1.68. The average Bonchev–Trinajstić information content (AvgIpc) is 3.09. The van der Waals surface area contributed by atoms with E-state index in [2.05, 4.69) is 62.0 Å². The topological polar surface area (TPSA) is 34.1 Å². The highest BCUT2D eigenvalue weighted by Gasteiger charge is 2.40. The Morgan fingerprint density at radius 1 is 1.23 bits per heavy atom. The fourth-order valence-electron chi connectivity index (χ4n) is 3.58. The maximum Gasteiger partial charge on any atom is 0.187 e. The van der Waals surface area contributed by atoms with Gasteiger partial charge in [-0.1, -0.05) is 29.3 Å². The molecule has 0 radical (unpaired) electrons. The molecule has 0 N–H and O–H groups in total. The first-order valence-corrected chi connectivity index (χ1v) is 10.3. The molecule has 0 fully saturated rings. The van der Waals surface area contributed by atoms with E-state index < -0.39 is 0 Å². The van der Waals surface area contributed by atoms with E-state index in [4.69, 9.17) is 14.6 Å². The van der Waals surface area contributed by atoms with E-state index in [9.17, 15) is 0 Å². The smallest absolute Gasteiger partial charge is 0.187 e. The average molecular weight is 480 g/mol. The van der Waals surface area contributed by atoms with Gasteiger partial charge in [0.2, 0.25) is 0 Å². The van der Waals surface area contributed by atoms with Gasteiger partial charge in [0.1, 0.15) is 11.5 Å². The van der Waals surface area contributed by atoms with Gasteiger partial charge in [0.25, 0.3) is 0 Å². The van der Waals surface area contributed by atoms with Gasteiger partial charge in [0, 0.05) is 22.9 Å². The summed E-state index contributed by atoms with van der Waals surface area (Å²) < 4.78 is 13.6. The van der Waals surface area contributed by atoms with Gasteiger partial charge >= 0.3 is 0 Å². The normalized spacial score (nSPS) is 20.9. The molecule has 2 aromatic rings. The maximum atomic E-state index is 6.32. The summed E-state index contributed by atoms with van der Waals surface area (Å²) >= 11 is 7.26. The Morgan fingerprint density at radius 3 is 2.69 bits per heavy atom. The van der Waals surface area contributed by atoms with Gasteiger partial charge in [0.05, 0.1) is 23.3 Å². The predicted octanol–water partition coefficient (Wildman–Crippen LogP) is 5.89. The third kappa shape index (κ3) is 3.14. The first kappa shape index (κ1) is 17.9. The van der Waals surface area contributed by atoms with Gasteiger partial charge in [0.15, 0.2) is 6.23 Å². The molecule has 2 atom stereocenters. The Morgan fingerprint density at radius 2 is 2.00 bits per heavy atom. The molecule has 26 heavy (non-hydrogen) atoms. The Labute approximate surface area is 170 Å². The van der Waals surface area contributed by atoms with Crippen LogP contribution in [-0.2, 0) is 0 Å². The van der Waals surface area contributed by atoms with Crippen molar-refractivity contribution in [2.24, 2.45) is 5.10 Å². The zero-order valence-corrected chi connectivity index (χ0v) is 17.9. The molecule has 0 saturated carbocycles. The van der Waals surface area contributed by atoms with Crippen LogP contribution in [0.15, 0.2) is 50.4 Å². The summed E-state index contributed by atoms with van der Waals surface area (Å²) in [6, 6.07) is 12.5. The fraction of sp³-hybridized carbons (Fsp3) is 0.350. The van der Waals surface area contributed by atoms with Crippen molar-refractivity contribution in [3.8, 4) is 11.5 Å². The van der Waals surface area contributed by atoms with Crippen molar-refractivity contribution in [2.45, 2.75) is 38.5 Å². The van der Waals surface area contributed by atoms with Gasteiger partial charge < -0.3 is 9.47 Å². The van der Waals surface area contributed by atoms with E-state index in [1.807, 2.05) is 18.2 Å². The van der Waals surface area contributed by atoms with Crippen molar-refractivity contribution in [3.05, 3.63) is 56.5 Å². The lowest BCUT2D eigenvalue weighted by Crippen LogP contribution is -2.40. The van der Waals surface area contributed by atoms with E-state index in [1.165, 1.54) is 5.56 Å². The molecule has 2 aliphatic rings. The maximum absolute atomic E-state index is 6.32. The first-order valence-electron chi connectivity index (χ1n) is 8.76. The molecule has 4 rings (SSSR count). The number of hydrogen-bond acceptors (Lipinski definition) is 4. The lowest BCUT2D eigenvalue weighted by Gasteiger charge is -2.38. The SMILES string of the molecule is CCC[C@H]1Oc2c(Br)cc(Br)cc2[C@@H]2CC(c3ccc(OC)cc3)=NN12. The quantitative estimate of drug-likeness (QED) is 0.548. The van der Waals surface area contributed by atoms with Crippen LogP contribution in [0.2, 0.25) is 0 Å². The zero-order chi connectivity index (χ0) is 18.3. The second-order valence-corrected chi connectivity index (χ2v) is 8.31. The predicted molar refractivity (Wildman–Crippen MR) is 110 cm³/mol. The fourth-order valence-corrected chi connectivity index (χ4v) is 4.94. The van der Waals surface area contributed by atoms with Gasteiger partial charge in [-0.05, 0) is 57.9 Å². The summed E-state index contributed by atoms with van der Waals surface area (Å²) in [5.74, 6) is 1.80.